The first kappa shape index (κ1) is 17.5. The lowest BCUT2D eigenvalue weighted by Crippen LogP contribution is -2.20. The van der Waals surface area contributed by atoms with Crippen LogP contribution in [0.25, 0.3) is 11.3 Å². The van der Waals surface area contributed by atoms with Crippen LogP contribution in [0.5, 0.6) is 0 Å². The fraction of sp³-hybridized carbons (Fsp3) is 0.273. The second-order valence-corrected chi connectivity index (χ2v) is 7.08. The van der Waals surface area contributed by atoms with Crippen LogP contribution in [-0.4, -0.2) is 38.7 Å². The van der Waals surface area contributed by atoms with E-state index in [2.05, 4.69) is 32.0 Å². The molecule has 0 amide bonds. The predicted molar refractivity (Wildman–Crippen MR) is 104 cm³/mol. The molecule has 1 fully saturated rings. The third-order valence-electron chi connectivity index (χ3n) is 5.11. The molecule has 4 rings (SSSR count). The number of aromatic nitrogens is 3. The summed E-state index contributed by atoms with van der Waals surface area (Å²) >= 11 is 0. The van der Waals surface area contributed by atoms with E-state index in [9.17, 15) is 4.79 Å². The molecule has 3 aromatic rings. The third kappa shape index (κ3) is 4.09. The number of rotatable bonds is 5. The average Bonchev–Trinajstić information content (AvgIpc) is 3.17. The van der Waals surface area contributed by atoms with Gasteiger partial charge >= 0.3 is 0 Å². The van der Waals surface area contributed by atoms with Crippen LogP contribution in [0.1, 0.15) is 40.7 Å². The van der Waals surface area contributed by atoms with E-state index in [-0.39, 0.29) is 5.78 Å². The summed E-state index contributed by atoms with van der Waals surface area (Å²) in [5.41, 5.74) is 5.08. The quantitative estimate of drug-likeness (QED) is 0.651. The van der Waals surface area contributed by atoms with Gasteiger partial charge in [-0.1, -0.05) is 18.2 Å². The van der Waals surface area contributed by atoms with Crippen molar-refractivity contribution in [3.05, 3.63) is 78.0 Å². The number of benzene rings is 1. The number of hydrogen-bond donors (Lipinski definition) is 0. The van der Waals surface area contributed by atoms with Crippen molar-refractivity contribution in [1.29, 1.82) is 0 Å². The van der Waals surface area contributed by atoms with Gasteiger partial charge in [-0.15, -0.1) is 0 Å². The van der Waals surface area contributed by atoms with E-state index in [4.69, 9.17) is 0 Å². The van der Waals surface area contributed by atoms with Crippen molar-refractivity contribution in [2.45, 2.75) is 25.8 Å². The van der Waals surface area contributed by atoms with E-state index in [1.54, 1.807) is 13.3 Å². The van der Waals surface area contributed by atoms with E-state index >= 15 is 0 Å². The van der Waals surface area contributed by atoms with Gasteiger partial charge in [0.25, 0.3) is 0 Å². The molecule has 0 spiro atoms. The van der Waals surface area contributed by atoms with E-state index in [1.807, 2.05) is 42.9 Å². The minimum absolute atomic E-state index is 0.0735. The first-order valence-corrected chi connectivity index (χ1v) is 9.22. The van der Waals surface area contributed by atoms with E-state index in [1.165, 1.54) is 5.56 Å². The summed E-state index contributed by atoms with van der Waals surface area (Å²) in [6, 6.07) is 12.0. The lowest BCUT2D eigenvalue weighted by Gasteiger charge is -2.16. The Morgan fingerprint density at radius 1 is 1.19 bits per heavy atom. The maximum Gasteiger partial charge on any atom is 0.159 e. The van der Waals surface area contributed by atoms with Gasteiger partial charge in [-0.3, -0.25) is 14.7 Å². The summed E-state index contributed by atoms with van der Waals surface area (Å²) in [7, 11) is 0. The molecule has 0 aliphatic carbocycles. The first-order valence-electron chi connectivity index (χ1n) is 9.22. The maximum absolute atomic E-state index is 11.7. The van der Waals surface area contributed by atoms with Crippen molar-refractivity contribution >= 4 is 5.78 Å². The van der Waals surface area contributed by atoms with Gasteiger partial charge in [-0.25, -0.2) is 9.97 Å². The van der Waals surface area contributed by atoms with Crippen LogP contribution in [0.15, 0.2) is 61.3 Å². The second-order valence-electron chi connectivity index (χ2n) is 7.08. The summed E-state index contributed by atoms with van der Waals surface area (Å²) in [6.07, 6.45) is 8.33. The Kier molecular flexibility index (Phi) is 5.03. The van der Waals surface area contributed by atoms with Crippen LogP contribution in [0, 0.1) is 0 Å². The van der Waals surface area contributed by atoms with Crippen molar-refractivity contribution in [3.8, 4) is 11.3 Å². The molecule has 136 valence electrons. The molecule has 5 nitrogen and oxygen atoms in total. The monoisotopic (exact) mass is 358 g/mol. The highest BCUT2D eigenvalue weighted by Gasteiger charge is 2.24. The lowest BCUT2D eigenvalue weighted by molar-refractivity contribution is 0.101. The average molecular weight is 358 g/mol. The van der Waals surface area contributed by atoms with Gasteiger partial charge in [-0.2, -0.15) is 0 Å². The minimum Gasteiger partial charge on any atom is -0.298 e. The number of carbonyl (C=O) groups excluding carboxylic acids is 1. The van der Waals surface area contributed by atoms with Crippen LogP contribution in [0.3, 0.4) is 0 Å². The molecule has 5 heteroatoms. The molecule has 1 atom stereocenters. The Morgan fingerprint density at radius 2 is 2.04 bits per heavy atom. The zero-order chi connectivity index (χ0) is 18.6. The first-order chi connectivity index (χ1) is 13.2. The highest BCUT2D eigenvalue weighted by Crippen LogP contribution is 2.30. The summed E-state index contributed by atoms with van der Waals surface area (Å²) in [5, 5.41) is 0. The number of pyridine rings is 1. The Balaban J connectivity index is 1.50. The van der Waals surface area contributed by atoms with Crippen molar-refractivity contribution in [3.63, 3.8) is 0 Å². The molecule has 1 saturated heterocycles. The number of ketones is 1. The molecule has 0 bridgehead atoms. The molecule has 0 radical (unpaired) electrons. The van der Waals surface area contributed by atoms with Crippen LogP contribution < -0.4 is 0 Å². The van der Waals surface area contributed by atoms with E-state index in [0.29, 0.717) is 5.92 Å². The Bertz CT molecular complexity index is 942. The predicted octanol–water partition coefficient (Wildman–Crippen LogP) is 3.73. The molecule has 0 unspecified atom stereocenters. The summed E-state index contributed by atoms with van der Waals surface area (Å²) in [4.78, 5) is 26.8. The van der Waals surface area contributed by atoms with Crippen LogP contribution >= 0.6 is 0 Å². The van der Waals surface area contributed by atoms with Gasteiger partial charge in [0, 0.05) is 48.4 Å². The summed E-state index contributed by atoms with van der Waals surface area (Å²) in [6.45, 7) is 4.56. The van der Waals surface area contributed by atoms with Crippen molar-refractivity contribution < 1.29 is 4.79 Å². The minimum atomic E-state index is 0.0735. The van der Waals surface area contributed by atoms with Gasteiger partial charge in [0.05, 0.1) is 5.69 Å². The molecular weight excluding hydrogens is 336 g/mol. The van der Waals surface area contributed by atoms with Gasteiger partial charge in [-0.05, 0) is 49.6 Å². The molecule has 2 aromatic heterocycles. The Hall–Kier alpha value is -2.92. The second kappa shape index (κ2) is 7.76. The zero-order valence-corrected chi connectivity index (χ0v) is 15.4. The lowest BCUT2D eigenvalue weighted by atomic mass is 9.97. The zero-order valence-electron chi connectivity index (χ0n) is 15.4. The largest absolute Gasteiger partial charge is 0.298 e. The fourth-order valence-electron chi connectivity index (χ4n) is 3.67. The van der Waals surface area contributed by atoms with Gasteiger partial charge in [0.2, 0.25) is 0 Å². The van der Waals surface area contributed by atoms with Crippen LogP contribution in [0.2, 0.25) is 0 Å². The summed E-state index contributed by atoms with van der Waals surface area (Å²) < 4.78 is 0. The maximum atomic E-state index is 11.7. The topological polar surface area (TPSA) is 59.0 Å². The number of nitrogens with zero attached hydrogens (tertiary/aromatic N) is 4. The molecule has 27 heavy (non-hydrogen) atoms. The normalized spacial score (nSPS) is 17.1. The van der Waals surface area contributed by atoms with E-state index < -0.39 is 0 Å². The molecule has 0 saturated carbocycles. The van der Waals surface area contributed by atoms with Crippen molar-refractivity contribution in [2.75, 3.05) is 13.1 Å². The van der Waals surface area contributed by atoms with Gasteiger partial charge in [0.15, 0.2) is 5.78 Å². The molecule has 1 aliphatic rings. The number of likely N-dealkylation sites (tertiary alicyclic amines) is 1. The van der Waals surface area contributed by atoms with Crippen LogP contribution in [0.4, 0.5) is 0 Å². The van der Waals surface area contributed by atoms with Crippen molar-refractivity contribution in [1.82, 2.24) is 19.9 Å². The molecule has 1 aromatic carbocycles. The Labute approximate surface area is 159 Å². The number of hydrogen-bond acceptors (Lipinski definition) is 5. The highest BCUT2D eigenvalue weighted by molar-refractivity contribution is 5.95. The molecular formula is C22H22N4O. The fourth-order valence-corrected chi connectivity index (χ4v) is 3.67. The highest BCUT2D eigenvalue weighted by atomic mass is 16.1. The van der Waals surface area contributed by atoms with E-state index in [0.717, 1.165) is 48.4 Å². The van der Waals surface area contributed by atoms with Crippen LogP contribution in [-0.2, 0) is 6.54 Å². The SMILES string of the molecule is CC(=O)c1cccc(-c2cc([C@@H]3CCN(Cc4cncnc4)C3)ccn2)c1. The number of carbonyl (C=O) groups is 1. The molecule has 3 heterocycles. The molecule has 1 aliphatic heterocycles. The third-order valence-corrected chi connectivity index (χ3v) is 5.11. The number of Topliss-reactive ketones (excluding diaryl/α,β-unsaturated/α-hetero) is 1. The summed E-state index contributed by atoms with van der Waals surface area (Å²) in [5.74, 6) is 0.566. The van der Waals surface area contributed by atoms with Gasteiger partial charge in [0.1, 0.15) is 6.33 Å². The molecule has 0 N–H and O–H groups in total. The van der Waals surface area contributed by atoms with Crippen molar-refractivity contribution in [2.24, 2.45) is 0 Å². The Morgan fingerprint density at radius 3 is 2.85 bits per heavy atom. The standard InChI is InChI=1S/C22H22N4O/c1-16(27)18-3-2-4-20(9-18)22-10-19(5-7-25-22)21-6-8-26(14-21)13-17-11-23-15-24-12-17/h2-5,7,9-12,15,21H,6,8,13-14H2,1H3/t21-/m1/s1. The smallest absolute Gasteiger partial charge is 0.159 e. The van der Waals surface area contributed by atoms with Gasteiger partial charge < -0.3 is 0 Å².